The molecular weight excluding hydrogens is 606 g/mol. The zero-order valence-corrected chi connectivity index (χ0v) is 27.3. The van der Waals surface area contributed by atoms with Gasteiger partial charge in [-0.1, -0.05) is 60.4 Å². The predicted molar refractivity (Wildman–Crippen MR) is 173 cm³/mol. The molecule has 0 spiro atoms. The van der Waals surface area contributed by atoms with Crippen LogP contribution in [0.25, 0.3) is 0 Å². The second-order valence-electron chi connectivity index (χ2n) is 11.9. The number of carbonyl (C=O) groups is 4. The van der Waals surface area contributed by atoms with E-state index in [0.717, 1.165) is 48.2 Å². The van der Waals surface area contributed by atoms with Crippen molar-refractivity contribution in [2.75, 3.05) is 27.7 Å². The highest BCUT2D eigenvalue weighted by molar-refractivity contribution is 5.95. The summed E-state index contributed by atoms with van der Waals surface area (Å²) in [7, 11) is 5.81. The van der Waals surface area contributed by atoms with Gasteiger partial charge >= 0.3 is 23.9 Å². The smallest absolute Gasteiger partial charge is 0.349 e. The molecule has 11 nitrogen and oxygen atoms in total. The minimum Gasteiger partial charge on any atom is -0.497 e. The highest BCUT2D eigenvalue weighted by Crippen LogP contribution is 2.42. The maximum absolute atomic E-state index is 12.2. The average molecular weight is 650 g/mol. The number of hydrogen-bond donors (Lipinski definition) is 3. The molecule has 0 aliphatic heterocycles. The molecule has 0 saturated heterocycles. The standard InChI is InChI=1S/C20H18O8.C16H25NO2/c1-11-3-7-13(8-4-11)19(25)27-15(17(21)22)16(18(23)24)28-20(26)14-9-5-12(2)6-10-14;1-17(2)12-14-7-4-5-10-16(14,18)13-8-6-9-15(11-13)19-3/h3-10,15-16H,1-2H3,(H,21,22)(H,23,24);6,8-9,11,14,18H,4-5,7,10,12H2,1-3H3/t15-,16-;14-,16+/m11/s1. The van der Waals surface area contributed by atoms with E-state index in [9.17, 15) is 34.5 Å². The Bertz CT molecular complexity index is 1440. The van der Waals surface area contributed by atoms with Crippen LogP contribution < -0.4 is 4.74 Å². The zero-order valence-electron chi connectivity index (χ0n) is 27.3. The maximum atomic E-state index is 12.2. The second kappa shape index (κ2) is 16.7. The van der Waals surface area contributed by atoms with Gasteiger partial charge in [0.05, 0.1) is 23.8 Å². The first-order valence-electron chi connectivity index (χ1n) is 15.3. The fourth-order valence-electron chi connectivity index (χ4n) is 5.41. The molecule has 252 valence electrons. The first-order valence-corrected chi connectivity index (χ1v) is 15.3. The number of aryl methyl sites for hydroxylation is 2. The lowest BCUT2D eigenvalue weighted by Gasteiger charge is -2.41. The van der Waals surface area contributed by atoms with E-state index in [1.165, 1.54) is 30.7 Å². The third-order valence-electron chi connectivity index (χ3n) is 8.00. The number of carbonyl (C=O) groups excluding carboxylic acids is 2. The Labute approximate surface area is 274 Å². The Kier molecular flexibility index (Phi) is 13.1. The molecule has 0 radical (unpaired) electrons. The Hall–Kier alpha value is -4.74. The van der Waals surface area contributed by atoms with Crippen molar-refractivity contribution in [1.29, 1.82) is 0 Å². The monoisotopic (exact) mass is 649 g/mol. The molecule has 3 aromatic carbocycles. The van der Waals surface area contributed by atoms with Gasteiger partial charge in [0.25, 0.3) is 0 Å². The van der Waals surface area contributed by atoms with E-state index in [4.69, 9.17) is 14.2 Å². The highest BCUT2D eigenvalue weighted by Gasteiger charge is 2.42. The zero-order chi connectivity index (χ0) is 34.7. The number of rotatable bonds is 11. The second-order valence-corrected chi connectivity index (χ2v) is 11.9. The van der Waals surface area contributed by atoms with Crippen LogP contribution in [0.5, 0.6) is 5.75 Å². The molecule has 47 heavy (non-hydrogen) atoms. The maximum Gasteiger partial charge on any atom is 0.349 e. The van der Waals surface area contributed by atoms with E-state index in [2.05, 4.69) is 19.0 Å². The van der Waals surface area contributed by atoms with Crippen LogP contribution in [0.15, 0.2) is 72.8 Å². The molecule has 0 aromatic heterocycles. The van der Waals surface area contributed by atoms with E-state index >= 15 is 0 Å². The van der Waals surface area contributed by atoms with Gasteiger partial charge in [-0.05, 0) is 82.7 Å². The van der Waals surface area contributed by atoms with Crippen molar-refractivity contribution in [2.24, 2.45) is 5.92 Å². The Balaban J connectivity index is 0.000000274. The normalized spacial score (nSPS) is 18.6. The van der Waals surface area contributed by atoms with Crippen molar-refractivity contribution in [3.8, 4) is 5.75 Å². The number of hydrogen-bond acceptors (Lipinski definition) is 9. The number of benzene rings is 3. The van der Waals surface area contributed by atoms with Gasteiger partial charge in [-0.25, -0.2) is 19.2 Å². The van der Waals surface area contributed by atoms with Crippen LogP contribution in [0, 0.1) is 19.8 Å². The lowest BCUT2D eigenvalue weighted by molar-refractivity contribution is -0.166. The minimum absolute atomic E-state index is 0.0332. The van der Waals surface area contributed by atoms with E-state index in [-0.39, 0.29) is 11.1 Å². The van der Waals surface area contributed by atoms with E-state index in [1.807, 2.05) is 24.3 Å². The van der Waals surface area contributed by atoms with Gasteiger partial charge in [0, 0.05) is 12.5 Å². The topological polar surface area (TPSA) is 160 Å². The molecule has 1 aliphatic rings. The van der Waals surface area contributed by atoms with Crippen molar-refractivity contribution in [3.05, 3.63) is 101 Å². The molecule has 4 atom stereocenters. The van der Waals surface area contributed by atoms with Crippen molar-refractivity contribution in [1.82, 2.24) is 4.90 Å². The number of carboxylic acids is 2. The van der Waals surface area contributed by atoms with Gasteiger partial charge in [0.15, 0.2) is 0 Å². The first kappa shape index (κ1) is 36.7. The number of aliphatic carboxylic acids is 2. The number of aliphatic hydroxyl groups is 1. The summed E-state index contributed by atoms with van der Waals surface area (Å²) in [6.45, 7) is 4.51. The summed E-state index contributed by atoms with van der Waals surface area (Å²) in [6.07, 6.45) is -0.200. The van der Waals surface area contributed by atoms with Gasteiger partial charge < -0.3 is 34.4 Å². The van der Waals surface area contributed by atoms with Gasteiger partial charge in [-0.3, -0.25) is 0 Å². The third kappa shape index (κ3) is 10.1. The van der Waals surface area contributed by atoms with Crippen LogP contribution in [0.1, 0.15) is 63.1 Å². The average Bonchev–Trinajstić information content (AvgIpc) is 3.04. The summed E-state index contributed by atoms with van der Waals surface area (Å²) in [4.78, 5) is 49.5. The fourth-order valence-corrected chi connectivity index (χ4v) is 5.41. The predicted octanol–water partition coefficient (Wildman–Crippen LogP) is 4.86. The van der Waals surface area contributed by atoms with Crippen molar-refractivity contribution < 1.29 is 48.7 Å². The van der Waals surface area contributed by atoms with Crippen LogP contribution in [-0.4, -0.2) is 84.1 Å². The highest BCUT2D eigenvalue weighted by atomic mass is 16.6. The number of esters is 2. The van der Waals surface area contributed by atoms with Crippen molar-refractivity contribution in [3.63, 3.8) is 0 Å². The minimum atomic E-state index is -2.22. The lowest BCUT2D eigenvalue weighted by atomic mass is 9.71. The largest absolute Gasteiger partial charge is 0.497 e. The van der Waals surface area contributed by atoms with Gasteiger partial charge in [-0.15, -0.1) is 0 Å². The molecule has 3 aromatic rings. The molecule has 3 N–H and O–H groups in total. The van der Waals surface area contributed by atoms with E-state index in [0.29, 0.717) is 5.92 Å². The molecule has 0 bridgehead atoms. The van der Waals surface area contributed by atoms with Gasteiger partial charge in [0.1, 0.15) is 5.75 Å². The summed E-state index contributed by atoms with van der Waals surface area (Å²) in [6, 6.07) is 20.0. The lowest BCUT2D eigenvalue weighted by Crippen LogP contribution is -2.45. The summed E-state index contributed by atoms with van der Waals surface area (Å²) in [5.41, 5.74) is 2.08. The Morgan fingerprint density at radius 2 is 1.30 bits per heavy atom. The third-order valence-corrected chi connectivity index (χ3v) is 8.00. The number of carboxylic acid groups (broad SMARTS) is 2. The SMILES string of the molecule is COc1cccc([C@@]2(O)CCCC[C@@H]2CN(C)C)c1.Cc1ccc(C(=O)O[C@@H](C(=O)O)[C@@H](OC(=O)c2ccc(C)cc2)C(=O)O)cc1. The summed E-state index contributed by atoms with van der Waals surface area (Å²) in [5.74, 6) is -4.51. The summed E-state index contributed by atoms with van der Waals surface area (Å²) >= 11 is 0. The van der Waals surface area contributed by atoms with E-state index < -0.39 is 41.7 Å². The molecule has 0 unspecified atom stereocenters. The number of methoxy groups -OCH3 is 1. The van der Waals surface area contributed by atoms with Gasteiger partial charge in [0.2, 0.25) is 12.2 Å². The van der Waals surface area contributed by atoms with Crippen LogP contribution in [0.4, 0.5) is 0 Å². The molecule has 1 aliphatic carbocycles. The van der Waals surface area contributed by atoms with Crippen LogP contribution in [-0.2, 0) is 24.7 Å². The first-order chi connectivity index (χ1) is 22.2. The van der Waals surface area contributed by atoms with Crippen LogP contribution >= 0.6 is 0 Å². The van der Waals surface area contributed by atoms with E-state index in [1.54, 1.807) is 45.2 Å². The number of ether oxygens (including phenoxy) is 3. The molecular formula is C36H43NO10. The summed E-state index contributed by atoms with van der Waals surface area (Å²) < 4.78 is 14.9. The van der Waals surface area contributed by atoms with Gasteiger partial charge in [-0.2, -0.15) is 0 Å². The molecule has 1 saturated carbocycles. The Morgan fingerprint density at radius 1 is 0.809 bits per heavy atom. The molecule has 0 heterocycles. The molecule has 1 fully saturated rings. The van der Waals surface area contributed by atoms with Crippen LogP contribution in [0.2, 0.25) is 0 Å². The van der Waals surface area contributed by atoms with Crippen molar-refractivity contribution >= 4 is 23.9 Å². The van der Waals surface area contributed by atoms with Crippen LogP contribution in [0.3, 0.4) is 0 Å². The molecule has 0 amide bonds. The summed E-state index contributed by atoms with van der Waals surface area (Å²) in [5, 5.41) is 29.8. The number of nitrogens with zero attached hydrogens (tertiary/aromatic N) is 1. The van der Waals surface area contributed by atoms with Crippen molar-refractivity contribution in [2.45, 2.75) is 57.3 Å². The quantitative estimate of drug-likeness (QED) is 0.244. The molecule has 11 heteroatoms. The fraction of sp³-hybridized carbons (Fsp3) is 0.389. The molecule has 4 rings (SSSR count). The Morgan fingerprint density at radius 3 is 1.72 bits per heavy atom.